The second-order valence-corrected chi connectivity index (χ2v) is 7.91. The summed E-state index contributed by atoms with van der Waals surface area (Å²) in [4.78, 5) is 27.1. The van der Waals surface area contributed by atoms with Gasteiger partial charge in [-0.25, -0.2) is 0 Å². The summed E-state index contributed by atoms with van der Waals surface area (Å²) < 4.78 is 1.02. The zero-order valence-corrected chi connectivity index (χ0v) is 17.1. The second-order valence-electron chi connectivity index (χ2n) is 7.05. The van der Waals surface area contributed by atoms with E-state index in [1.165, 1.54) is 0 Å². The molecule has 5 heteroatoms. The van der Waals surface area contributed by atoms with E-state index in [1.54, 1.807) is 4.90 Å². The molecule has 1 heterocycles. The molecule has 1 saturated heterocycles. The Kier molecular flexibility index (Phi) is 5.19. The first-order valence-electron chi connectivity index (χ1n) is 8.72. The second kappa shape index (κ2) is 7.23. The fraction of sp³-hybridized carbons (Fsp3) is 0.333. The Morgan fingerprint density at radius 3 is 2.38 bits per heavy atom. The Balaban J connectivity index is 1.79. The maximum Gasteiger partial charge on any atom is 0.229 e. The lowest BCUT2D eigenvalue weighted by Crippen LogP contribution is -2.29. The SMILES string of the molecule is Cc1cc(NC(=O)[C@H]2CC(=O)N(c3c(C)cccc3C)C2)c(C)cc1Br. The topological polar surface area (TPSA) is 49.4 Å². The lowest BCUT2D eigenvalue weighted by atomic mass is 10.1. The van der Waals surface area contributed by atoms with Crippen LogP contribution in [-0.2, 0) is 9.59 Å². The van der Waals surface area contributed by atoms with Crippen LogP contribution in [0.3, 0.4) is 0 Å². The molecule has 0 unspecified atom stereocenters. The number of rotatable bonds is 3. The number of anilines is 2. The highest BCUT2D eigenvalue weighted by molar-refractivity contribution is 9.10. The van der Waals surface area contributed by atoms with Crippen LogP contribution in [0.4, 0.5) is 11.4 Å². The van der Waals surface area contributed by atoms with Crippen molar-refractivity contribution >= 4 is 39.1 Å². The number of carbonyl (C=O) groups is 2. The molecule has 2 amide bonds. The third-order valence-electron chi connectivity index (χ3n) is 4.97. The van der Waals surface area contributed by atoms with Gasteiger partial charge >= 0.3 is 0 Å². The largest absolute Gasteiger partial charge is 0.326 e. The molecule has 2 aromatic rings. The molecular weight excluding hydrogens is 392 g/mol. The first kappa shape index (κ1) is 18.6. The van der Waals surface area contributed by atoms with Crippen LogP contribution in [0.1, 0.15) is 28.7 Å². The molecule has 136 valence electrons. The smallest absolute Gasteiger partial charge is 0.229 e. The van der Waals surface area contributed by atoms with Crippen LogP contribution < -0.4 is 10.2 Å². The predicted molar refractivity (Wildman–Crippen MR) is 109 cm³/mol. The van der Waals surface area contributed by atoms with E-state index in [0.29, 0.717) is 6.54 Å². The van der Waals surface area contributed by atoms with Gasteiger partial charge in [-0.2, -0.15) is 0 Å². The van der Waals surface area contributed by atoms with Crippen molar-refractivity contribution in [2.45, 2.75) is 34.1 Å². The number of carbonyl (C=O) groups excluding carboxylic acids is 2. The van der Waals surface area contributed by atoms with E-state index in [4.69, 9.17) is 0 Å². The van der Waals surface area contributed by atoms with Gasteiger partial charge in [-0.3, -0.25) is 9.59 Å². The van der Waals surface area contributed by atoms with Gasteiger partial charge in [0.1, 0.15) is 0 Å². The fourth-order valence-electron chi connectivity index (χ4n) is 3.48. The highest BCUT2D eigenvalue weighted by Crippen LogP contribution is 2.32. The number of hydrogen-bond donors (Lipinski definition) is 1. The van der Waals surface area contributed by atoms with Gasteiger partial charge < -0.3 is 10.2 Å². The van der Waals surface area contributed by atoms with Gasteiger partial charge in [-0.05, 0) is 62.1 Å². The third-order valence-corrected chi connectivity index (χ3v) is 5.82. The van der Waals surface area contributed by atoms with Crippen molar-refractivity contribution in [3.8, 4) is 0 Å². The molecule has 0 saturated carbocycles. The first-order valence-corrected chi connectivity index (χ1v) is 9.51. The number of nitrogens with one attached hydrogen (secondary N) is 1. The van der Waals surface area contributed by atoms with Crippen LogP contribution in [0, 0.1) is 33.6 Å². The summed E-state index contributed by atoms with van der Waals surface area (Å²) in [7, 11) is 0. The van der Waals surface area contributed by atoms with Gasteiger partial charge in [0.25, 0.3) is 0 Å². The van der Waals surface area contributed by atoms with Crippen LogP contribution in [0.5, 0.6) is 0 Å². The summed E-state index contributed by atoms with van der Waals surface area (Å²) in [6.07, 6.45) is 0.244. The summed E-state index contributed by atoms with van der Waals surface area (Å²) in [5.74, 6) is -0.437. The molecular formula is C21H23BrN2O2. The molecule has 1 aliphatic rings. The Morgan fingerprint density at radius 2 is 1.73 bits per heavy atom. The van der Waals surface area contributed by atoms with E-state index < -0.39 is 0 Å². The Morgan fingerprint density at radius 1 is 1.08 bits per heavy atom. The number of amides is 2. The number of nitrogens with zero attached hydrogens (tertiary/aromatic N) is 1. The highest BCUT2D eigenvalue weighted by Gasteiger charge is 2.36. The van der Waals surface area contributed by atoms with Crippen molar-refractivity contribution in [1.29, 1.82) is 0 Å². The minimum atomic E-state index is -0.343. The van der Waals surface area contributed by atoms with E-state index in [0.717, 1.165) is 38.1 Å². The lowest BCUT2D eigenvalue weighted by Gasteiger charge is -2.21. The number of aryl methyl sites for hydroxylation is 4. The predicted octanol–water partition coefficient (Wildman–Crippen LogP) is 4.67. The number of halogens is 1. The van der Waals surface area contributed by atoms with E-state index in [-0.39, 0.29) is 24.2 Å². The van der Waals surface area contributed by atoms with Gasteiger partial charge in [0, 0.05) is 28.8 Å². The zero-order valence-electron chi connectivity index (χ0n) is 15.5. The molecule has 1 N–H and O–H groups in total. The molecule has 4 nitrogen and oxygen atoms in total. The average Bonchev–Trinajstić information content (AvgIpc) is 2.94. The van der Waals surface area contributed by atoms with Crippen molar-refractivity contribution in [3.63, 3.8) is 0 Å². The van der Waals surface area contributed by atoms with Gasteiger partial charge in [0.15, 0.2) is 0 Å². The summed E-state index contributed by atoms with van der Waals surface area (Å²) in [5.41, 5.74) is 5.90. The normalized spacial score (nSPS) is 16.9. The minimum Gasteiger partial charge on any atom is -0.326 e. The lowest BCUT2D eigenvalue weighted by molar-refractivity contribution is -0.122. The standard InChI is InChI=1S/C21H23BrN2O2/c1-12-6-5-7-13(2)20(12)24-11-16(10-19(24)25)21(26)23-18-9-14(3)17(22)8-15(18)4/h5-9,16H,10-11H2,1-4H3,(H,23,26)/t16-/m0/s1. The van der Waals surface area contributed by atoms with Crippen LogP contribution in [0.15, 0.2) is 34.8 Å². The summed E-state index contributed by atoms with van der Waals surface area (Å²) in [6.45, 7) is 8.36. The van der Waals surface area contributed by atoms with Crippen molar-refractivity contribution in [3.05, 3.63) is 57.1 Å². The number of para-hydroxylation sites is 1. The number of hydrogen-bond acceptors (Lipinski definition) is 2. The average molecular weight is 415 g/mol. The van der Waals surface area contributed by atoms with Crippen LogP contribution in [0.2, 0.25) is 0 Å². The molecule has 26 heavy (non-hydrogen) atoms. The van der Waals surface area contributed by atoms with Crippen molar-refractivity contribution in [1.82, 2.24) is 0 Å². The van der Waals surface area contributed by atoms with Crippen molar-refractivity contribution < 1.29 is 9.59 Å². The molecule has 1 atom stereocenters. The van der Waals surface area contributed by atoms with Gasteiger partial charge in [-0.15, -0.1) is 0 Å². The number of benzene rings is 2. The van der Waals surface area contributed by atoms with Crippen LogP contribution >= 0.6 is 15.9 Å². The summed E-state index contributed by atoms with van der Waals surface area (Å²) in [5, 5.41) is 3.00. The maximum absolute atomic E-state index is 12.8. The monoisotopic (exact) mass is 414 g/mol. The van der Waals surface area contributed by atoms with E-state index >= 15 is 0 Å². The van der Waals surface area contributed by atoms with Crippen LogP contribution in [-0.4, -0.2) is 18.4 Å². The van der Waals surface area contributed by atoms with Crippen molar-refractivity contribution in [2.75, 3.05) is 16.8 Å². The maximum atomic E-state index is 12.8. The minimum absolute atomic E-state index is 0.00580. The molecule has 2 aromatic carbocycles. The third kappa shape index (κ3) is 3.54. The van der Waals surface area contributed by atoms with Crippen LogP contribution in [0.25, 0.3) is 0 Å². The van der Waals surface area contributed by atoms with Gasteiger partial charge in [0.05, 0.1) is 5.92 Å². The van der Waals surface area contributed by atoms with E-state index in [2.05, 4.69) is 21.2 Å². The summed E-state index contributed by atoms with van der Waals surface area (Å²) in [6, 6.07) is 9.93. The quantitative estimate of drug-likeness (QED) is 0.792. The zero-order chi connectivity index (χ0) is 19.0. The fourth-order valence-corrected chi connectivity index (χ4v) is 3.94. The molecule has 3 rings (SSSR count). The summed E-state index contributed by atoms with van der Waals surface area (Å²) >= 11 is 3.50. The first-order chi connectivity index (χ1) is 12.3. The molecule has 1 fully saturated rings. The molecule has 0 bridgehead atoms. The Bertz CT molecular complexity index is 872. The molecule has 1 aliphatic heterocycles. The molecule has 0 aliphatic carbocycles. The molecule has 0 spiro atoms. The van der Waals surface area contributed by atoms with Gasteiger partial charge in [0.2, 0.25) is 11.8 Å². The van der Waals surface area contributed by atoms with Gasteiger partial charge in [-0.1, -0.05) is 34.1 Å². The van der Waals surface area contributed by atoms with E-state index in [1.807, 2.05) is 58.0 Å². The Hall–Kier alpha value is -2.14. The highest BCUT2D eigenvalue weighted by atomic mass is 79.9. The Labute approximate surface area is 162 Å². The molecule has 0 aromatic heterocycles. The van der Waals surface area contributed by atoms with Crippen molar-refractivity contribution in [2.24, 2.45) is 5.92 Å². The van der Waals surface area contributed by atoms with E-state index in [9.17, 15) is 9.59 Å². The molecule has 0 radical (unpaired) electrons.